The van der Waals surface area contributed by atoms with Gasteiger partial charge in [0.25, 0.3) is 0 Å². The topological polar surface area (TPSA) is 102 Å². The number of anilines is 2. The third kappa shape index (κ3) is 4.56. The summed E-state index contributed by atoms with van der Waals surface area (Å²) in [5, 5.41) is 6.39. The molecule has 0 radical (unpaired) electrons. The molecule has 0 bridgehead atoms. The predicted octanol–water partition coefficient (Wildman–Crippen LogP) is 1.68. The molecule has 0 saturated heterocycles. The van der Waals surface area contributed by atoms with Gasteiger partial charge in [0, 0.05) is 18.5 Å². The first kappa shape index (κ1) is 14.4. The number of carbonyl (C=O) groups is 1. The quantitative estimate of drug-likeness (QED) is 0.626. The van der Waals surface area contributed by atoms with E-state index < -0.39 is 6.09 Å². The minimum absolute atomic E-state index is 0.218. The fourth-order valence-corrected chi connectivity index (χ4v) is 1.75. The summed E-state index contributed by atoms with van der Waals surface area (Å²) in [6.45, 7) is 3.68. The van der Waals surface area contributed by atoms with Gasteiger partial charge in [0.15, 0.2) is 0 Å². The van der Waals surface area contributed by atoms with Crippen LogP contribution in [0.2, 0.25) is 0 Å². The summed E-state index contributed by atoms with van der Waals surface area (Å²) < 4.78 is 4.67. The van der Waals surface area contributed by atoms with E-state index in [1.165, 1.54) is 0 Å². The zero-order valence-corrected chi connectivity index (χ0v) is 11.7. The van der Waals surface area contributed by atoms with Crippen molar-refractivity contribution in [1.29, 1.82) is 0 Å². The number of nitrogens with two attached hydrogens (primary N) is 1. The Morgan fingerprint density at radius 3 is 2.55 bits per heavy atom. The van der Waals surface area contributed by atoms with Crippen molar-refractivity contribution in [3.05, 3.63) is 11.9 Å². The highest BCUT2D eigenvalue weighted by Gasteiger charge is 2.27. The number of nitrogens with zero attached hydrogens (tertiary/aromatic N) is 2. The van der Waals surface area contributed by atoms with Gasteiger partial charge < -0.3 is 21.1 Å². The molecule has 4 N–H and O–H groups in total. The standard InChI is InChI=1S/C13H21N5O2/c1-2-5-15-10-8-11(16-6-7-20-13(14)19)18-12(17-10)9-3-4-9/h8-9H,2-7H2,1H3,(H2,14,19)(H2,15,16,17,18). The minimum Gasteiger partial charge on any atom is -0.448 e. The molecule has 1 aromatic heterocycles. The van der Waals surface area contributed by atoms with Crippen molar-refractivity contribution >= 4 is 17.7 Å². The molecule has 0 atom stereocenters. The third-order valence-corrected chi connectivity index (χ3v) is 2.89. The van der Waals surface area contributed by atoms with Gasteiger partial charge in [-0.2, -0.15) is 0 Å². The molecule has 20 heavy (non-hydrogen) atoms. The number of hydrogen-bond acceptors (Lipinski definition) is 6. The molecule has 1 fully saturated rings. The molecule has 1 heterocycles. The average Bonchev–Trinajstić information content (AvgIpc) is 3.25. The highest BCUT2D eigenvalue weighted by Crippen LogP contribution is 2.38. The van der Waals surface area contributed by atoms with Crippen molar-refractivity contribution in [3.8, 4) is 0 Å². The van der Waals surface area contributed by atoms with Crippen LogP contribution >= 0.6 is 0 Å². The summed E-state index contributed by atoms with van der Waals surface area (Å²) >= 11 is 0. The maximum Gasteiger partial charge on any atom is 0.404 e. The van der Waals surface area contributed by atoms with Crippen molar-refractivity contribution in [2.24, 2.45) is 5.73 Å². The van der Waals surface area contributed by atoms with E-state index in [0.29, 0.717) is 12.5 Å². The molecule has 0 aliphatic heterocycles. The van der Waals surface area contributed by atoms with E-state index in [1.807, 2.05) is 6.07 Å². The van der Waals surface area contributed by atoms with Crippen molar-refractivity contribution in [3.63, 3.8) is 0 Å². The highest BCUT2D eigenvalue weighted by molar-refractivity contribution is 5.64. The Bertz CT molecular complexity index is 462. The number of ether oxygens (including phenoxy) is 1. The Kier molecular flexibility index (Phi) is 4.97. The SMILES string of the molecule is CCCNc1cc(NCCOC(N)=O)nc(C2CC2)n1. The number of nitrogens with one attached hydrogen (secondary N) is 2. The summed E-state index contributed by atoms with van der Waals surface area (Å²) in [6.07, 6.45) is 2.58. The lowest BCUT2D eigenvalue weighted by atomic mass is 10.3. The Morgan fingerprint density at radius 1 is 1.35 bits per heavy atom. The van der Waals surface area contributed by atoms with Crippen LogP contribution in [-0.4, -0.2) is 35.8 Å². The van der Waals surface area contributed by atoms with Crippen LogP contribution in [0.4, 0.5) is 16.4 Å². The van der Waals surface area contributed by atoms with Crippen molar-refractivity contribution in [2.45, 2.75) is 32.1 Å². The highest BCUT2D eigenvalue weighted by atomic mass is 16.5. The average molecular weight is 279 g/mol. The van der Waals surface area contributed by atoms with Gasteiger partial charge in [0.1, 0.15) is 24.1 Å². The zero-order chi connectivity index (χ0) is 14.4. The van der Waals surface area contributed by atoms with Crippen LogP contribution in [0.1, 0.15) is 37.9 Å². The number of carbonyl (C=O) groups excluding carboxylic acids is 1. The molecule has 0 aromatic carbocycles. The first-order chi connectivity index (χ1) is 9.69. The molecule has 7 heteroatoms. The normalized spacial score (nSPS) is 13.8. The lowest BCUT2D eigenvalue weighted by Gasteiger charge is -2.10. The monoisotopic (exact) mass is 279 g/mol. The maximum atomic E-state index is 10.5. The van der Waals surface area contributed by atoms with E-state index in [1.54, 1.807) is 0 Å². The first-order valence-corrected chi connectivity index (χ1v) is 6.98. The van der Waals surface area contributed by atoms with Gasteiger partial charge in [0.2, 0.25) is 0 Å². The molecular weight excluding hydrogens is 258 g/mol. The predicted molar refractivity (Wildman–Crippen MR) is 76.8 cm³/mol. The fraction of sp³-hybridized carbons (Fsp3) is 0.615. The van der Waals surface area contributed by atoms with Gasteiger partial charge in [0.05, 0.1) is 6.54 Å². The number of amides is 1. The van der Waals surface area contributed by atoms with Gasteiger partial charge in [-0.15, -0.1) is 0 Å². The minimum atomic E-state index is -0.765. The van der Waals surface area contributed by atoms with E-state index in [2.05, 4.69) is 32.3 Å². The van der Waals surface area contributed by atoms with Crippen LogP contribution in [0.5, 0.6) is 0 Å². The van der Waals surface area contributed by atoms with Crippen molar-refractivity contribution < 1.29 is 9.53 Å². The van der Waals surface area contributed by atoms with Gasteiger partial charge in [-0.1, -0.05) is 6.92 Å². The second-order valence-electron chi connectivity index (χ2n) is 4.79. The third-order valence-electron chi connectivity index (χ3n) is 2.89. The molecule has 1 aliphatic carbocycles. The lowest BCUT2D eigenvalue weighted by molar-refractivity contribution is 0.161. The lowest BCUT2D eigenvalue weighted by Crippen LogP contribution is -2.19. The first-order valence-electron chi connectivity index (χ1n) is 6.98. The number of rotatable bonds is 8. The van der Waals surface area contributed by atoms with Crippen LogP contribution in [0, 0.1) is 0 Å². The largest absolute Gasteiger partial charge is 0.448 e. The smallest absolute Gasteiger partial charge is 0.404 e. The Hall–Kier alpha value is -2.05. The van der Waals surface area contributed by atoms with Crippen LogP contribution < -0.4 is 16.4 Å². The van der Waals surface area contributed by atoms with Gasteiger partial charge in [-0.25, -0.2) is 14.8 Å². The summed E-state index contributed by atoms with van der Waals surface area (Å²) in [7, 11) is 0. The molecule has 2 rings (SSSR count). The summed E-state index contributed by atoms with van der Waals surface area (Å²) in [5.41, 5.74) is 4.90. The zero-order valence-electron chi connectivity index (χ0n) is 11.7. The molecule has 110 valence electrons. The Morgan fingerprint density at radius 2 is 2.00 bits per heavy atom. The second-order valence-corrected chi connectivity index (χ2v) is 4.79. The summed E-state index contributed by atoms with van der Waals surface area (Å²) in [4.78, 5) is 19.5. The molecule has 0 spiro atoms. The summed E-state index contributed by atoms with van der Waals surface area (Å²) in [5.74, 6) is 2.95. The Balaban J connectivity index is 1.95. The van der Waals surface area contributed by atoms with Crippen LogP contribution in [-0.2, 0) is 4.74 Å². The molecular formula is C13H21N5O2. The molecule has 1 saturated carbocycles. The molecule has 1 aromatic rings. The van der Waals surface area contributed by atoms with Gasteiger partial charge >= 0.3 is 6.09 Å². The van der Waals surface area contributed by atoms with E-state index >= 15 is 0 Å². The van der Waals surface area contributed by atoms with Gasteiger partial charge in [-0.05, 0) is 19.3 Å². The second kappa shape index (κ2) is 6.93. The molecule has 7 nitrogen and oxygen atoms in total. The van der Waals surface area contributed by atoms with Crippen LogP contribution in [0.3, 0.4) is 0 Å². The van der Waals surface area contributed by atoms with E-state index in [9.17, 15) is 4.79 Å². The van der Waals surface area contributed by atoms with Crippen molar-refractivity contribution in [1.82, 2.24) is 9.97 Å². The fourth-order valence-electron chi connectivity index (χ4n) is 1.75. The summed E-state index contributed by atoms with van der Waals surface area (Å²) in [6, 6.07) is 1.87. The molecule has 1 aliphatic rings. The number of primary amides is 1. The van der Waals surface area contributed by atoms with Crippen LogP contribution in [0.15, 0.2) is 6.07 Å². The maximum absolute atomic E-state index is 10.5. The Labute approximate surface area is 118 Å². The van der Waals surface area contributed by atoms with E-state index in [4.69, 9.17) is 5.73 Å². The molecule has 1 amide bonds. The molecule has 0 unspecified atom stereocenters. The van der Waals surface area contributed by atoms with E-state index in [0.717, 1.165) is 43.3 Å². The van der Waals surface area contributed by atoms with Crippen molar-refractivity contribution in [2.75, 3.05) is 30.3 Å². The van der Waals surface area contributed by atoms with Crippen LogP contribution in [0.25, 0.3) is 0 Å². The number of aromatic nitrogens is 2. The van der Waals surface area contributed by atoms with E-state index in [-0.39, 0.29) is 6.61 Å². The van der Waals surface area contributed by atoms with Gasteiger partial charge in [-0.3, -0.25) is 0 Å². The number of hydrogen-bond donors (Lipinski definition) is 3.